The summed E-state index contributed by atoms with van der Waals surface area (Å²) in [4.78, 5) is 27.5. The molecule has 1 fully saturated rings. The second-order valence-electron chi connectivity index (χ2n) is 6.02. The summed E-state index contributed by atoms with van der Waals surface area (Å²) in [7, 11) is 0. The molecule has 0 radical (unpaired) electrons. The first kappa shape index (κ1) is 17.8. The van der Waals surface area contributed by atoms with Crippen molar-refractivity contribution in [3.8, 4) is 0 Å². The highest BCUT2D eigenvalue weighted by Gasteiger charge is 2.43. The van der Waals surface area contributed by atoms with E-state index in [0.29, 0.717) is 37.5 Å². The summed E-state index contributed by atoms with van der Waals surface area (Å²) in [6.07, 6.45) is 0.998. The van der Waals surface area contributed by atoms with Crippen LogP contribution in [0.4, 0.5) is 0 Å². The molecule has 2 rings (SSSR count). The Morgan fingerprint density at radius 3 is 2.78 bits per heavy atom. The van der Waals surface area contributed by atoms with Gasteiger partial charge >= 0.3 is 0 Å². The molecule has 1 heterocycles. The molecule has 1 aromatic rings. The Kier molecular flexibility index (Phi) is 5.65. The van der Waals surface area contributed by atoms with Crippen LogP contribution in [-0.4, -0.2) is 52.0 Å². The minimum Gasteiger partial charge on any atom is -0.378 e. The van der Waals surface area contributed by atoms with E-state index < -0.39 is 5.60 Å². The van der Waals surface area contributed by atoms with Gasteiger partial charge in [0.1, 0.15) is 0 Å². The van der Waals surface area contributed by atoms with Crippen LogP contribution in [0.25, 0.3) is 0 Å². The Bertz CT molecular complexity index is 593. The van der Waals surface area contributed by atoms with Crippen molar-refractivity contribution in [1.29, 1.82) is 0 Å². The highest BCUT2D eigenvalue weighted by Crippen LogP contribution is 2.25. The minimum absolute atomic E-state index is 0.0627. The molecule has 126 valence electrons. The molecule has 1 aliphatic heterocycles. The average Bonchev–Trinajstić information content (AvgIpc) is 2.52. The van der Waals surface area contributed by atoms with Gasteiger partial charge in [0.2, 0.25) is 5.91 Å². The summed E-state index contributed by atoms with van der Waals surface area (Å²) in [5.41, 5.74) is -0.589. The van der Waals surface area contributed by atoms with E-state index in [1.165, 1.54) is 11.8 Å². The molecule has 0 aromatic heterocycles. The number of carbonyl (C=O) groups excluding carboxylic acids is 2. The van der Waals surface area contributed by atoms with Gasteiger partial charge in [-0.05, 0) is 37.5 Å². The number of piperidine rings is 1. The molecule has 1 aliphatic rings. The van der Waals surface area contributed by atoms with Crippen molar-refractivity contribution in [3.63, 3.8) is 0 Å². The van der Waals surface area contributed by atoms with Crippen molar-refractivity contribution in [2.75, 3.05) is 19.6 Å². The van der Waals surface area contributed by atoms with Crippen LogP contribution >= 0.6 is 11.6 Å². The van der Waals surface area contributed by atoms with E-state index in [9.17, 15) is 14.7 Å². The standard InChI is InChI=1S/C17H23ClN2O3/c1-3-19(11-14-6-4-7-15(18)10-14)16(22)17(23)8-5-9-20(12-17)13(2)21/h4,6-7,10,23H,3,5,8-9,11-12H2,1-2H3. The number of amides is 2. The van der Waals surface area contributed by atoms with Crippen LogP contribution in [0.2, 0.25) is 5.02 Å². The lowest BCUT2D eigenvalue weighted by molar-refractivity contribution is -0.160. The summed E-state index contributed by atoms with van der Waals surface area (Å²) >= 11 is 5.98. The fourth-order valence-corrected chi connectivity index (χ4v) is 3.17. The molecule has 6 heteroatoms. The number of β-amino-alcohol motifs (C(OH)–C–C–N with tert-alkyl or cyclic N) is 1. The monoisotopic (exact) mass is 338 g/mol. The van der Waals surface area contributed by atoms with Crippen LogP contribution in [0, 0.1) is 0 Å². The SMILES string of the molecule is CCN(Cc1cccc(Cl)c1)C(=O)C1(O)CCCN(C(C)=O)C1. The van der Waals surface area contributed by atoms with Crippen LogP contribution in [0.1, 0.15) is 32.3 Å². The van der Waals surface area contributed by atoms with Gasteiger partial charge < -0.3 is 14.9 Å². The molecule has 1 atom stereocenters. The summed E-state index contributed by atoms with van der Waals surface area (Å²) in [6.45, 7) is 4.85. The molecule has 1 unspecified atom stereocenters. The maximum absolute atomic E-state index is 12.8. The first-order valence-corrected chi connectivity index (χ1v) is 8.25. The van der Waals surface area contributed by atoms with Gasteiger partial charge in [-0.25, -0.2) is 0 Å². The van der Waals surface area contributed by atoms with E-state index in [4.69, 9.17) is 11.6 Å². The van der Waals surface area contributed by atoms with Crippen molar-refractivity contribution < 1.29 is 14.7 Å². The number of likely N-dealkylation sites (tertiary alicyclic amines) is 1. The number of hydrogen-bond acceptors (Lipinski definition) is 3. The average molecular weight is 339 g/mol. The van der Waals surface area contributed by atoms with Crippen LogP contribution in [0.15, 0.2) is 24.3 Å². The Morgan fingerprint density at radius 1 is 1.43 bits per heavy atom. The van der Waals surface area contributed by atoms with E-state index in [1.807, 2.05) is 25.1 Å². The maximum Gasteiger partial charge on any atom is 0.256 e. The molecule has 0 aliphatic carbocycles. The predicted octanol–water partition coefficient (Wildman–Crippen LogP) is 2.06. The van der Waals surface area contributed by atoms with Crippen LogP contribution in [0.3, 0.4) is 0 Å². The number of rotatable bonds is 4. The topological polar surface area (TPSA) is 60.9 Å². The van der Waals surface area contributed by atoms with Gasteiger partial charge in [-0.3, -0.25) is 9.59 Å². The van der Waals surface area contributed by atoms with Gasteiger partial charge in [-0.1, -0.05) is 23.7 Å². The van der Waals surface area contributed by atoms with Crippen LogP contribution in [0.5, 0.6) is 0 Å². The van der Waals surface area contributed by atoms with Crippen molar-refractivity contribution >= 4 is 23.4 Å². The lowest BCUT2D eigenvalue weighted by Crippen LogP contribution is -2.58. The van der Waals surface area contributed by atoms with Gasteiger partial charge in [0.25, 0.3) is 5.91 Å². The third kappa shape index (κ3) is 4.24. The van der Waals surface area contributed by atoms with Gasteiger partial charge in [-0.15, -0.1) is 0 Å². The number of benzene rings is 1. The number of aliphatic hydroxyl groups is 1. The van der Waals surface area contributed by atoms with Gasteiger partial charge in [0.15, 0.2) is 5.60 Å². The Hall–Kier alpha value is -1.59. The molecule has 1 saturated heterocycles. The normalized spacial score (nSPS) is 21.1. The largest absolute Gasteiger partial charge is 0.378 e. The molecule has 0 spiro atoms. The second kappa shape index (κ2) is 7.32. The zero-order chi connectivity index (χ0) is 17.0. The number of hydrogen-bond donors (Lipinski definition) is 1. The molecule has 1 aromatic carbocycles. The summed E-state index contributed by atoms with van der Waals surface area (Å²) in [6, 6.07) is 7.32. The van der Waals surface area contributed by atoms with Crippen molar-refractivity contribution in [3.05, 3.63) is 34.9 Å². The minimum atomic E-state index is -1.50. The van der Waals surface area contributed by atoms with E-state index >= 15 is 0 Å². The van der Waals surface area contributed by atoms with Crippen LogP contribution < -0.4 is 0 Å². The zero-order valence-electron chi connectivity index (χ0n) is 13.6. The van der Waals surface area contributed by atoms with Crippen molar-refractivity contribution in [1.82, 2.24) is 9.80 Å². The van der Waals surface area contributed by atoms with Crippen molar-refractivity contribution in [2.45, 2.75) is 38.8 Å². The summed E-state index contributed by atoms with van der Waals surface area (Å²) in [5.74, 6) is -0.445. The number of carbonyl (C=O) groups is 2. The smallest absolute Gasteiger partial charge is 0.256 e. The lowest BCUT2D eigenvalue weighted by Gasteiger charge is -2.40. The third-order valence-electron chi connectivity index (χ3n) is 4.25. The Labute approximate surface area is 141 Å². The molecule has 0 bridgehead atoms. The lowest BCUT2D eigenvalue weighted by atomic mass is 9.91. The second-order valence-corrected chi connectivity index (χ2v) is 6.46. The van der Waals surface area contributed by atoms with E-state index in [1.54, 1.807) is 11.0 Å². The maximum atomic E-state index is 12.8. The van der Waals surface area contributed by atoms with Crippen LogP contribution in [-0.2, 0) is 16.1 Å². The molecular weight excluding hydrogens is 316 g/mol. The molecular formula is C17H23ClN2O3. The zero-order valence-corrected chi connectivity index (χ0v) is 14.3. The number of likely N-dealkylation sites (N-methyl/N-ethyl adjacent to an activating group) is 1. The fraction of sp³-hybridized carbons (Fsp3) is 0.529. The first-order valence-electron chi connectivity index (χ1n) is 7.87. The summed E-state index contributed by atoms with van der Waals surface area (Å²) in [5, 5.41) is 11.4. The first-order chi connectivity index (χ1) is 10.9. The highest BCUT2D eigenvalue weighted by molar-refractivity contribution is 6.30. The number of nitrogens with zero attached hydrogens (tertiary/aromatic N) is 2. The Balaban J connectivity index is 2.13. The summed E-state index contributed by atoms with van der Waals surface area (Å²) < 4.78 is 0. The number of halogens is 1. The molecule has 0 saturated carbocycles. The Morgan fingerprint density at radius 2 is 2.17 bits per heavy atom. The quantitative estimate of drug-likeness (QED) is 0.914. The predicted molar refractivity (Wildman–Crippen MR) is 89.0 cm³/mol. The molecule has 5 nitrogen and oxygen atoms in total. The highest BCUT2D eigenvalue weighted by atomic mass is 35.5. The van der Waals surface area contributed by atoms with Gasteiger partial charge in [-0.2, -0.15) is 0 Å². The van der Waals surface area contributed by atoms with Gasteiger partial charge in [0.05, 0.1) is 6.54 Å². The van der Waals surface area contributed by atoms with Crippen molar-refractivity contribution in [2.24, 2.45) is 0 Å². The molecule has 1 N–H and O–H groups in total. The molecule has 2 amide bonds. The third-order valence-corrected chi connectivity index (χ3v) is 4.48. The molecule has 23 heavy (non-hydrogen) atoms. The fourth-order valence-electron chi connectivity index (χ4n) is 2.96. The van der Waals surface area contributed by atoms with E-state index in [2.05, 4.69) is 0 Å². The van der Waals surface area contributed by atoms with E-state index in [-0.39, 0.29) is 18.4 Å². The van der Waals surface area contributed by atoms with Gasteiger partial charge in [0, 0.05) is 31.6 Å². The van der Waals surface area contributed by atoms with E-state index in [0.717, 1.165) is 5.56 Å².